The van der Waals surface area contributed by atoms with Gasteiger partial charge in [0.15, 0.2) is 0 Å². The Balaban J connectivity index is 1.71. The highest BCUT2D eigenvalue weighted by Gasteiger charge is 2.16. The molecule has 2 heteroatoms. The molecule has 0 saturated heterocycles. The highest BCUT2D eigenvalue weighted by atomic mass is 16.5. The Kier molecular flexibility index (Phi) is 3.14. The lowest BCUT2D eigenvalue weighted by Gasteiger charge is -2.24. The van der Waals surface area contributed by atoms with Crippen molar-refractivity contribution in [1.29, 1.82) is 0 Å². The van der Waals surface area contributed by atoms with Crippen molar-refractivity contribution < 1.29 is 4.74 Å². The third-order valence-electron chi connectivity index (χ3n) is 2.82. The van der Waals surface area contributed by atoms with Gasteiger partial charge in [-0.05, 0) is 37.3 Å². The van der Waals surface area contributed by atoms with Gasteiger partial charge in [-0.1, -0.05) is 12.5 Å². The molecule has 0 spiro atoms. The summed E-state index contributed by atoms with van der Waals surface area (Å²) in [5.41, 5.74) is 2.24. The molecule has 1 fully saturated rings. The highest BCUT2D eigenvalue weighted by molar-refractivity contribution is 5.11. The van der Waals surface area contributed by atoms with Gasteiger partial charge in [-0.2, -0.15) is 0 Å². The van der Waals surface area contributed by atoms with E-state index in [0.717, 1.165) is 18.2 Å². The molecular formula is C12H17NO. The maximum absolute atomic E-state index is 5.62. The fourth-order valence-corrected chi connectivity index (χ4v) is 1.59. The third-order valence-corrected chi connectivity index (χ3v) is 2.82. The first kappa shape index (κ1) is 9.66. The van der Waals surface area contributed by atoms with E-state index in [4.69, 9.17) is 4.74 Å². The fraction of sp³-hybridized carbons (Fsp3) is 0.583. The molecule has 1 aromatic heterocycles. The molecule has 1 aliphatic rings. The van der Waals surface area contributed by atoms with Crippen molar-refractivity contribution in [2.24, 2.45) is 5.92 Å². The Bertz CT molecular complexity index is 277. The summed E-state index contributed by atoms with van der Waals surface area (Å²) in [6, 6.07) is 4.12. The Morgan fingerprint density at radius 1 is 1.43 bits per heavy atom. The molecule has 14 heavy (non-hydrogen) atoms. The molecule has 0 radical (unpaired) electrons. The van der Waals surface area contributed by atoms with E-state index >= 15 is 0 Å². The summed E-state index contributed by atoms with van der Waals surface area (Å²) in [5.74, 6) is 0.827. The minimum absolute atomic E-state index is 0.712. The van der Waals surface area contributed by atoms with Gasteiger partial charge >= 0.3 is 0 Å². The molecule has 0 bridgehead atoms. The second kappa shape index (κ2) is 4.56. The Morgan fingerprint density at radius 3 is 2.86 bits per heavy atom. The van der Waals surface area contributed by atoms with Crippen LogP contribution in [0.15, 0.2) is 18.3 Å². The molecular weight excluding hydrogens is 174 g/mol. The Labute approximate surface area is 85.3 Å². The van der Waals surface area contributed by atoms with Crippen LogP contribution >= 0.6 is 0 Å². The monoisotopic (exact) mass is 191 g/mol. The second-order valence-electron chi connectivity index (χ2n) is 4.12. The molecule has 2 rings (SSSR count). The summed E-state index contributed by atoms with van der Waals surface area (Å²) in [5, 5.41) is 0. The molecule has 0 N–H and O–H groups in total. The number of ether oxygens (including phenoxy) is 1. The van der Waals surface area contributed by atoms with Crippen molar-refractivity contribution in [3.8, 4) is 0 Å². The number of hydrogen-bond donors (Lipinski definition) is 0. The van der Waals surface area contributed by atoms with Crippen LogP contribution in [0.25, 0.3) is 0 Å². The predicted octanol–water partition coefficient (Wildman–Crippen LogP) is 2.71. The zero-order chi connectivity index (χ0) is 9.80. The number of rotatable bonds is 4. The van der Waals surface area contributed by atoms with Gasteiger partial charge < -0.3 is 4.74 Å². The molecule has 0 aliphatic heterocycles. The van der Waals surface area contributed by atoms with Crippen LogP contribution in [0.1, 0.15) is 30.5 Å². The maximum Gasteiger partial charge on any atom is 0.0731 e. The fourth-order valence-electron chi connectivity index (χ4n) is 1.59. The summed E-state index contributed by atoms with van der Waals surface area (Å²) in [4.78, 5) is 4.23. The van der Waals surface area contributed by atoms with Crippen LogP contribution in [0.5, 0.6) is 0 Å². The lowest BCUT2D eigenvalue weighted by atomic mass is 9.86. The standard InChI is InChI=1S/C12H17NO/c1-10-5-6-12(7-13-10)9-14-8-11-3-2-4-11/h5-7,11H,2-4,8-9H2,1H3. The van der Waals surface area contributed by atoms with Crippen molar-refractivity contribution in [3.63, 3.8) is 0 Å². The van der Waals surface area contributed by atoms with Gasteiger partial charge in [-0.25, -0.2) is 0 Å². The van der Waals surface area contributed by atoms with Gasteiger partial charge in [-0.15, -0.1) is 0 Å². The first-order valence-corrected chi connectivity index (χ1v) is 5.34. The van der Waals surface area contributed by atoms with Crippen molar-refractivity contribution in [2.45, 2.75) is 32.8 Å². The SMILES string of the molecule is Cc1ccc(COCC2CCC2)cn1. The van der Waals surface area contributed by atoms with Crippen LogP contribution < -0.4 is 0 Å². The Morgan fingerprint density at radius 2 is 2.29 bits per heavy atom. The predicted molar refractivity (Wildman–Crippen MR) is 56.0 cm³/mol. The highest BCUT2D eigenvalue weighted by Crippen LogP contribution is 2.26. The van der Waals surface area contributed by atoms with Crippen LogP contribution in [0.4, 0.5) is 0 Å². The average molecular weight is 191 g/mol. The second-order valence-corrected chi connectivity index (χ2v) is 4.12. The summed E-state index contributed by atoms with van der Waals surface area (Å²) in [7, 11) is 0. The molecule has 1 heterocycles. The van der Waals surface area contributed by atoms with Gasteiger partial charge in [-0.3, -0.25) is 4.98 Å². The van der Waals surface area contributed by atoms with Crippen LogP contribution in [-0.4, -0.2) is 11.6 Å². The van der Waals surface area contributed by atoms with Gasteiger partial charge in [0.25, 0.3) is 0 Å². The minimum atomic E-state index is 0.712. The smallest absolute Gasteiger partial charge is 0.0731 e. The first-order chi connectivity index (χ1) is 6.84. The topological polar surface area (TPSA) is 22.1 Å². The molecule has 0 amide bonds. The molecule has 0 aromatic carbocycles. The van der Waals surface area contributed by atoms with Gasteiger partial charge in [0, 0.05) is 18.5 Å². The van der Waals surface area contributed by atoms with E-state index in [9.17, 15) is 0 Å². The number of aromatic nitrogens is 1. The quantitative estimate of drug-likeness (QED) is 0.730. The zero-order valence-corrected chi connectivity index (χ0v) is 8.70. The Hall–Kier alpha value is -0.890. The van der Waals surface area contributed by atoms with Crippen LogP contribution in [0.2, 0.25) is 0 Å². The van der Waals surface area contributed by atoms with Crippen molar-refractivity contribution >= 4 is 0 Å². The zero-order valence-electron chi connectivity index (χ0n) is 8.70. The van der Waals surface area contributed by atoms with Crippen LogP contribution in [0, 0.1) is 12.8 Å². The van der Waals surface area contributed by atoms with Gasteiger partial charge in [0.1, 0.15) is 0 Å². The molecule has 1 saturated carbocycles. The molecule has 1 aliphatic carbocycles. The largest absolute Gasteiger partial charge is 0.376 e. The van der Waals surface area contributed by atoms with Crippen molar-refractivity contribution in [3.05, 3.63) is 29.6 Å². The molecule has 2 nitrogen and oxygen atoms in total. The average Bonchev–Trinajstić information content (AvgIpc) is 2.12. The first-order valence-electron chi connectivity index (χ1n) is 5.34. The summed E-state index contributed by atoms with van der Waals surface area (Å²) in [6.45, 7) is 3.64. The van der Waals surface area contributed by atoms with E-state index in [1.807, 2.05) is 19.2 Å². The van der Waals surface area contributed by atoms with E-state index in [1.165, 1.54) is 24.8 Å². The lowest BCUT2D eigenvalue weighted by molar-refractivity contribution is 0.0595. The van der Waals surface area contributed by atoms with Crippen molar-refractivity contribution in [1.82, 2.24) is 4.98 Å². The van der Waals surface area contributed by atoms with E-state index in [-0.39, 0.29) is 0 Å². The van der Waals surface area contributed by atoms with Crippen LogP contribution in [0.3, 0.4) is 0 Å². The van der Waals surface area contributed by atoms with Crippen LogP contribution in [-0.2, 0) is 11.3 Å². The molecule has 0 atom stereocenters. The number of hydrogen-bond acceptors (Lipinski definition) is 2. The normalized spacial score (nSPS) is 16.6. The van der Waals surface area contributed by atoms with E-state index in [0.29, 0.717) is 6.61 Å². The van der Waals surface area contributed by atoms with E-state index in [1.54, 1.807) is 0 Å². The minimum Gasteiger partial charge on any atom is -0.376 e. The number of aryl methyl sites for hydroxylation is 1. The third kappa shape index (κ3) is 2.55. The maximum atomic E-state index is 5.62. The summed E-state index contributed by atoms with van der Waals surface area (Å²) < 4.78 is 5.62. The number of nitrogens with zero attached hydrogens (tertiary/aromatic N) is 1. The van der Waals surface area contributed by atoms with E-state index in [2.05, 4.69) is 11.1 Å². The summed E-state index contributed by atoms with van der Waals surface area (Å²) >= 11 is 0. The molecule has 1 aromatic rings. The van der Waals surface area contributed by atoms with Gasteiger partial charge in [0.05, 0.1) is 6.61 Å². The molecule has 76 valence electrons. The lowest BCUT2D eigenvalue weighted by Crippen LogP contribution is -2.17. The summed E-state index contributed by atoms with van der Waals surface area (Å²) in [6.07, 6.45) is 5.99. The number of pyridine rings is 1. The van der Waals surface area contributed by atoms with E-state index < -0.39 is 0 Å². The molecule has 0 unspecified atom stereocenters. The van der Waals surface area contributed by atoms with Gasteiger partial charge in [0.2, 0.25) is 0 Å². The van der Waals surface area contributed by atoms with Crippen molar-refractivity contribution in [2.75, 3.05) is 6.61 Å².